The Kier molecular flexibility index (Phi) is 5.78. The fourth-order valence-corrected chi connectivity index (χ4v) is 3.34. The Morgan fingerprint density at radius 1 is 1.19 bits per heavy atom. The maximum Gasteiger partial charge on any atom is 0.255 e. The Morgan fingerprint density at radius 3 is 2.63 bits per heavy atom. The summed E-state index contributed by atoms with van der Waals surface area (Å²) in [5.74, 6) is 0.871. The van der Waals surface area contributed by atoms with Gasteiger partial charge in [-0.15, -0.1) is 0 Å². The van der Waals surface area contributed by atoms with Crippen molar-refractivity contribution in [3.63, 3.8) is 0 Å². The molecule has 1 aliphatic heterocycles. The molecular formula is C20H26N4O3. The van der Waals surface area contributed by atoms with Crippen molar-refractivity contribution >= 4 is 17.5 Å². The second-order valence-electron chi connectivity index (χ2n) is 6.92. The third-order valence-corrected chi connectivity index (χ3v) is 4.69. The predicted molar refractivity (Wildman–Crippen MR) is 106 cm³/mol. The van der Waals surface area contributed by atoms with Crippen molar-refractivity contribution in [2.75, 3.05) is 30.4 Å². The van der Waals surface area contributed by atoms with E-state index in [9.17, 15) is 9.59 Å². The van der Waals surface area contributed by atoms with Gasteiger partial charge >= 0.3 is 0 Å². The van der Waals surface area contributed by atoms with Crippen LogP contribution in [0.4, 0.5) is 11.6 Å². The summed E-state index contributed by atoms with van der Waals surface area (Å²) in [5, 5.41) is 2.85. The first-order chi connectivity index (χ1) is 13.0. The van der Waals surface area contributed by atoms with E-state index in [1.165, 1.54) is 17.1 Å². The Bertz CT molecular complexity index is 885. The van der Waals surface area contributed by atoms with Crippen LogP contribution in [0.3, 0.4) is 0 Å². The van der Waals surface area contributed by atoms with Gasteiger partial charge in [0.15, 0.2) is 0 Å². The number of ether oxygens (including phenoxy) is 1. The fraction of sp³-hybridized carbons (Fsp3) is 0.450. The van der Waals surface area contributed by atoms with Crippen molar-refractivity contribution in [2.24, 2.45) is 0 Å². The van der Waals surface area contributed by atoms with Gasteiger partial charge in [-0.05, 0) is 50.8 Å². The molecule has 0 radical (unpaired) electrons. The topological polar surface area (TPSA) is 76.5 Å². The van der Waals surface area contributed by atoms with Crippen molar-refractivity contribution < 1.29 is 9.53 Å². The summed E-state index contributed by atoms with van der Waals surface area (Å²) in [6, 6.07) is 7.04. The van der Waals surface area contributed by atoms with Gasteiger partial charge in [0, 0.05) is 24.8 Å². The molecule has 1 fully saturated rings. The number of rotatable bonds is 5. The van der Waals surface area contributed by atoms with Crippen molar-refractivity contribution in [1.82, 2.24) is 9.55 Å². The molecule has 2 aromatic rings. The fourth-order valence-electron chi connectivity index (χ4n) is 3.34. The average Bonchev–Trinajstić information content (AvgIpc) is 2.64. The second-order valence-corrected chi connectivity index (χ2v) is 6.92. The van der Waals surface area contributed by atoms with Crippen LogP contribution in [0.25, 0.3) is 0 Å². The highest BCUT2D eigenvalue weighted by Crippen LogP contribution is 2.25. The highest BCUT2D eigenvalue weighted by molar-refractivity contribution is 5.92. The van der Waals surface area contributed by atoms with Gasteiger partial charge < -0.3 is 15.0 Å². The van der Waals surface area contributed by atoms with Crippen molar-refractivity contribution in [1.29, 1.82) is 0 Å². The molecule has 144 valence electrons. The Labute approximate surface area is 159 Å². The lowest BCUT2D eigenvalue weighted by atomic mass is 10.1. The molecule has 0 bridgehead atoms. The maximum atomic E-state index is 12.7. The van der Waals surface area contributed by atoms with E-state index >= 15 is 0 Å². The van der Waals surface area contributed by atoms with Crippen molar-refractivity contribution in [3.05, 3.63) is 45.9 Å². The smallest absolute Gasteiger partial charge is 0.255 e. The zero-order chi connectivity index (χ0) is 19.4. The van der Waals surface area contributed by atoms with Gasteiger partial charge in [0.1, 0.15) is 12.3 Å². The van der Waals surface area contributed by atoms with Crippen LogP contribution < -0.4 is 20.5 Å². The summed E-state index contributed by atoms with van der Waals surface area (Å²) >= 11 is 0. The first kappa shape index (κ1) is 18.9. The minimum Gasteiger partial charge on any atom is -0.495 e. The minimum absolute atomic E-state index is 0.0883. The summed E-state index contributed by atoms with van der Waals surface area (Å²) in [5.41, 5.74) is 2.05. The van der Waals surface area contributed by atoms with Gasteiger partial charge in [0.25, 0.3) is 5.56 Å². The summed E-state index contributed by atoms with van der Waals surface area (Å²) in [7, 11) is 1.56. The number of aromatic nitrogens is 2. The third kappa shape index (κ3) is 4.48. The van der Waals surface area contributed by atoms with E-state index in [-0.39, 0.29) is 18.0 Å². The molecule has 1 aromatic carbocycles. The van der Waals surface area contributed by atoms with Crippen LogP contribution in [-0.2, 0) is 11.3 Å². The third-order valence-electron chi connectivity index (χ3n) is 4.69. The number of anilines is 2. The van der Waals surface area contributed by atoms with Crippen LogP contribution in [0.5, 0.6) is 5.75 Å². The van der Waals surface area contributed by atoms with Gasteiger partial charge in [-0.1, -0.05) is 6.07 Å². The molecule has 0 spiro atoms. The quantitative estimate of drug-likeness (QED) is 0.875. The predicted octanol–water partition coefficient (Wildman–Crippen LogP) is 2.50. The zero-order valence-electron chi connectivity index (χ0n) is 16.1. The van der Waals surface area contributed by atoms with Crippen LogP contribution in [0.2, 0.25) is 0 Å². The second kappa shape index (κ2) is 8.24. The number of hydrogen-bond donors (Lipinski definition) is 1. The van der Waals surface area contributed by atoms with Crippen molar-refractivity contribution in [3.8, 4) is 5.75 Å². The number of carbonyl (C=O) groups excluding carboxylic acids is 1. The van der Waals surface area contributed by atoms with Gasteiger partial charge in [-0.2, -0.15) is 0 Å². The van der Waals surface area contributed by atoms with Crippen LogP contribution >= 0.6 is 0 Å². The molecule has 7 heteroatoms. The Hall–Kier alpha value is -2.83. The van der Waals surface area contributed by atoms with E-state index < -0.39 is 0 Å². The molecule has 1 aromatic heterocycles. The number of nitrogens with one attached hydrogen (secondary N) is 1. The highest BCUT2D eigenvalue weighted by atomic mass is 16.5. The summed E-state index contributed by atoms with van der Waals surface area (Å²) in [6.45, 7) is 5.36. The molecule has 3 rings (SSSR count). The molecule has 1 saturated heterocycles. The van der Waals surface area contributed by atoms with E-state index in [4.69, 9.17) is 4.74 Å². The largest absolute Gasteiger partial charge is 0.495 e. The monoisotopic (exact) mass is 370 g/mol. The number of piperidine rings is 1. The molecular weight excluding hydrogens is 344 g/mol. The summed E-state index contributed by atoms with van der Waals surface area (Å²) in [4.78, 5) is 31.9. The molecule has 27 heavy (non-hydrogen) atoms. The molecule has 7 nitrogen and oxygen atoms in total. The maximum absolute atomic E-state index is 12.7. The van der Waals surface area contributed by atoms with Crippen LogP contribution in [0, 0.1) is 13.8 Å². The number of benzene rings is 1. The molecule has 1 N–H and O–H groups in total. The number of amides is 1. The molecule has 1 aliphatic rings. The van der Waals surface area contributed by atoms with Gasteiger partial charge in [-0.25, -0.2) is 4.98 Å². The zero-order valence-corrected chi connectivity index (χ0v) is 16.1. The lowest BCUT2D eigenvalue weighted by molar-refractivity contribution is -0.116. The first-order valence-corrected chi connectivity index (χ1v) is 9.26. The van der Waals surface area contributed by atoms with Gasteiger partial charge in [-0.3, -0.25) is 14.2 Å². The lowest BCUT2D eigenvalue weighted by Gasteiger charge is -2.29. The molecule has 0 aliphatic carbocycles. The van der Waals surface area contributed by atoms with E-state index in [1.54, 1.807) is 14.0 Å². The standard InChI is InChI=1S/C20H26N4O3/c1-14-7-8-17(27-3)16(11-14)22-18(25)13-24-19(26)12-15(2)21-20(24)23-9-5-4-6-10-23/h7-8,11-12H,4-6,9-10,13H2,1-3H3,(H,22,25). The van der Waals surface area contributed by atoms with Crippen LogP contribution in [-0.4, -0.2) is 35.7 Å². The van der Waals surface area contributed by atoms with E-state index in [1.807, 2.05) is 25.1 Å². The number of aryl methyl sites for hydroxylation is 2. The average molecular weight is 370 g/mol. The molecule has 0 saturated carbocycles. The molecule has 1 amide bonds. The number of carbonyl (C=O) groups is 1. The number of methoxy groups -OCH3 is 1. The van der Waals surface area contributed by atoms with Crippen LogP contribution in [0.15, 0.2) is 29.1 Å². The highest BCUT2D eigenvalue weighted by Gasteiger charge is 2.19. The number of nitrogens with zero attached hydrogens (tertiary/aromatic N) is 3. The lowest BCUT2D eigenvalue weighted by Crippen LogP contribution is -2.38. The van der Waals surface area contributed by atoms with Crippen LogP contribution in [0.1, 0.15) is 30.5 Å². The Balaban J connectivity index is 1.85. The molecule has 0 unspecified atom stereocenters. The summed E-state index contributed by atoms with van der Waals surface area (Å²) < 4.78 is 6.76. The van der Waals surface area contributed by atoms with Gasteiger partial charge in [0.05, 0.1) is 12.8 Å². The summed E-state index contributed by atoms with van der Waals surface area (Å²) in [6.07, 6.45) is 3.31. The first-order valence-electron chi connectivity index (χ1n) is 9.26. The number of hydrogen-bond acceptors (Lipinski definition) is 5. The van der Waals surface area contributed by atoms with Gasteiger partial charge in [0.2, 0.25) is 11.9 Å². The van der Waals surface area contributed by atoms with E-state index in [2.05, 4.69) is 15.2 Å². The Morgan fingerprint density at radius 2 is 1.93 bits per heavy atom. The normalized spacial score (nSPS) is 14.1. The van der Waals surface area contributed by atoms with Crippen molar-refractivity contribution in [2.45, 2.75) is 39.7 Å². The van der Waals surface area contributed by atoms with E-state index in [0.29, 0.717) is 23.1 Å². The molecule has 0 atom stereocenters. The molecule has 2 heterocycles. The minimum atomic E-state index is -0.287. The SMILES string of the molecule is COc1ccc(C)cc1NC(=O)Cn1c(N2CCCCC2)nc(C)cc1=O. The van der Waals surface area contributed by atoms with E-state index in [0.717, 1.165) is 31.5 Å².